The van der Waals surface area contributed by atoms with Crippen LogP contribution in [0.5, 0.6) is 0 Å². The first-order valence-electron chi connectivity index (χ1n) is 8.05. The molecule has 0 heterocycles. The summed E-state index contributed by atoms with van der Waals surface area (Å²) in [6.07, 6.45) is 1.07. The summed E-state index contributed by atoms with van der Waals surface area (Å²) in [5, 5.41) is 0. The third kappa shape index (κ3) is 28.8. The van der Waals surface area contributed by atoms with Gasteiger partial charge in [0.2, 0.25) is 0 Å². The van der Waals surface area contributed by atoms with E-state index in [1.54, 1.807) is 49.8 Å². The van der Waals surface area contributed by atoms with Crippen LogP contribution < -0.4 is 0 Å². The van der Waals surface area contributed by atoms with Crippen LogP contribution in [0, 0.1) is 5.92 Å². The van der Waals surface area contributed by atoms with E-state index in [1.165, 1.54) is 0 Å². The monoisotopic (exact) mass is 372 g/mol. The van der Waals surface area contributed by atoms with E-state index in [9.17, 15) is 0 Å². The molecule has 0 aliphatic rings. The van der Waals surface area contributed by atoms with E-state index in [4.69, 9.17) is 33.2 Å². The Balaban J connectivity index is -0.000000130. The molecule has 25 heavy (non-hydrogen) atoms. The molecule has 0 rings (SSSR count). The van der Waals surface area contributed by atoms with Gasteiger partial charge in [0.25, 0.3) is 0 Å². The van der Waals surface area contributed by atoms with Crippen LogP contribution in [0.1, 0.15) is 27.7 Å². The van der Waals surface area contributed by atoms with Gasteiger partial charge in [-0.2, -0.15) is 0 Å². The van der Waals surface area contributed by atoms with Crippen molar-refractivity contribution in [2.24, 2.45) is 5.92 Å². The predicted molar refractivity (Wildman–Crippen MR) is 102 cm³/mol. The second-order valence-corrected chi connectivity index (χ2v) is 5.09. The van der Waals surface area contributed by atoms with E-state index in [0.29, 0.717) is 19.1 Å². The normalized spacial score (nSPS) is 11.2. The fraction of sp³-hybridized carbons (Fsp3) is 1.00. The standard InChI is InChI=1S/2C6H14O2.C5H12O3.CH4/c1-6(4-7-2)5-8-3;1-4-6(8-3)5-7-2;1-6-4-5(7-2)8-3;/h2*6H,4-5H2,1-3H3;5H,4H2,1-3H3;1H4. The van der Waals surface area contributed by atoms with Crippen LogP contribution in [0.4, 0.5) is 0 Å². The largest absolute Gasteiger partial charge is 0.384 e. The fourth-order valence-electron chi connectivity index (χ4n) is 1.52. The minimum atomic E-state index is -0.222. The number of ether oxygens (including phenoxy) is 7. The third-order valence-corrected chi connectivity index (χ3v) is 2.87. The molecule has 0 aliphatic heterocycles. The Kier molecular flexibility index (Phi) is 37.0. The van der Waals surface area contributed by atoms with E-state index in [2.05, 4.69) is 13.8 Å². The molecule has 0 saturated carbocycles. The van der Waals surface area contributed by atoms with Gasteiger partial charge in [0, 0.05) is 55.7 Å². The second kappa shape index (κ2) is 28.5. The van der Waals surface area contributed by atoms with Crippen LogP contribution in [-0.4, -0.2) is 88.6 Å². The lowest BCUT2D eigenvalue weighted by Crippen LogP contribution is -2.18. The van der Waals surface area contributed by atoms with Crippen molar-refractivity contribution < 1.29 is 33.2 Å². The molecule has 0 spiro atoms. The zero-order valence-corrected chi connectivity index (χ0v) is 17.1. The lowest BCUT2D eigenvalue weighted by molar-refractivity contribution is -0.133. The zero-order chi connectivity index (χ0) is 19.2. The van der Waals surface area contributed by atoms with Crippen LogP contribution >= 0.6 is 0 Å². The Morgan fingerprint density at radius 3 is 1.16 bits per heavy atom. The van der Waals surface area contributed by atoms with E-state index in [-0.39, 0.29) is 19.8 Å². The summed E-state index contributed by atoms with van der Waals surface area (Å²) in [5.74, 6) is 0.519. The van der Waals surface area contributed by atoms with E-state index < -0.39 is 0 Å². The van der Waals surface area contributed by atoms with Crippen molar-refractivity contribution in [3.63, 3.8) is 0 Å². The number of methoxy groups -OCH3 is 7. The Bertz CT molecular complexity index is 178. The molecule has 7 nitrogen and oxygen atoms in total. The molecule has 0 aromatic rings. The minimum absolute atomic E-state index is 0. The van der Waals surface area contributed by atoms with Crippen LogP contribution in [-0.2, 0) is 33.2 Å². The van der Waals surface area contributed by atoms with E-state index >= 15 is 0 Å². The van der Waals surface area contributed by atoms with Crippen molar-refractivity contribution in [1.82, 2.24) is 0 Å². The van der Waals surface area contributed by atoms with Crippen LogP contribution in [0.3, 0.4) is 0 Å². The molecular formula is C18H44O7. The lowest BCUT2D eigenvalue weighted by Gasteiger charge is -2.10. The highest BCUT2D eigenvalue weighted by atomic mass is 16.7. The topological polar surface area (TPSA) is 64.6 Å². The average molecular weight is 373 g/mol. The molecule has 0 aromatic heterocycles. The lowest BCUT2D eigenvalue weighted by atomic mass is 10.2. The molecule has 0 N–H and O–H groups in total. The van der Waals surface area contributed by atoms with Crippen molar-refractivity contribution in [3.8, 4) is 0 Å². The maximum absolute atomic E-state index is 5.01. The van der Waals surface area contributed by atoms with Crippen molar-refractivity contribution in [2.75, 3.05) is 76.2 Å². The quantitative estimate of drug-likeness (QED) is 0.488. The van der Waals surface area contributed by atoms with Gasteiger partial charge in [-0.25, -0.2) is 0 Å². The van der Waals surface area contributed by atoms with Gasteiger partial charge in [-0.15, -0.1) is 0 Å². The molecule has 1 unspecified atom stereocenters. The van der Waals surface area contributed by atoms with E-state index in [1.807, 2.05) is 0 Å². The highest BCUT2D eigenvalue weighted by Crippen LogP contribution is 1.94. The first kappa shape index (κ1) is 32.4. The van der Waals surface area contributed by atoms with Gasteiger partial charge in [-0.05, 0) is 6.42 Å². The first-order chi connectivity index (χ1) is 11.5. The van der Waals surface area contributed by atoms with Crippen LogP contribution in [0.25, 0.3) is 0 Å². The highest BCUT2D eigenvalue weighted by Gasteiger charge is 2.01. The summed E-state index contributed by atoms with van der Waals surface area (Å²) < 4.78 is 33.9. The molecule has 0 aromatic carbocycles. The number of hydrogen-bond acceptors (Lipinski definition) is 7. The number of hydrogen-bond donors (Lipinski definition) is 0. The summed E-state index contributed by atoms with van der Waals surface area (Å²) in [7, 11) is 11.5. The molecule has 0 radical (unpaired) electrons. The second-order valence-electron chi connectivity index (χ2n) is 5.09. The zero-order valence-electron chi connectivity index (χ0n) is 17.1. The fourth-order valence-corrected chi connectivity index (χ4v) is 1.52. The van der Waals surface area contributed by atoms with Crippen molar-refractivity contribution in [3.05, 3.63) is 0 Å². The maximum Gasteiger partial charge on any atom is 0.180 e. The van der Waals surface area contributed by atoms with Gasteiger partial charge in [0.05, 0.1) is 32.5 Å². The summed E-state index contributed by atoms with van der Waals surface area (Å²) in [6.45, 7) is 6.92. The predicted octanol–water partition coefficient (Wildman–Crippen LogP) is 2.86. The van der Waals surface area contributed by atoms with Crippen molar-refractivity contribution in [1.29, 1.82) is 0 Å². The molecule has 0 amide bonds. The Morgan fingerprint density at radius 1 is 0.600 bits per heavy atom. The van der Waals surface area contributed by atoms with Gasteiger partial charge >= 0.3 is 0 Å². The Labute approximate surface area is 156 Å². The minimum Gasteiger partial charge on any atom is -0.384 e. The summed E-state index contributed by atoms with van der Waals surface area (Å²) >= 11 is 0. The molecule has 0 saturated heterocycles. The van der Waals surface area contributed by atoms with Crippen molar-refractivity contribution >= 4 is 0 Å². The molecule has 158 valence electrons. The molecular weight excluding hydrogens is 328 g/mol. The van der Waals surface area contributed by atoms with Gasteiger partial charge in [0.1, 0.15) is 0 Å². The molecule has 1 atom stereocenters. The van der Waals surface area contributed by atoms with Crippen LogP contribution in [0.15, 0.2) is 0 Å². The van der Waals surface area contributed by atoms with Gasteiger partial charge < -0.3 is 33.2 Å². The van der Waals surface area contributed by atoms with Gasteiger partial charge in [0.15, 0.2) is 6.29 Å². The Hall–Kier alpha value is -0.280. The number of rotatable bonds is 12. The average Bonchev–Trinajstić information content (AvgIpc) is 2.59. The summed E-state index contributed by atoms with van der Waals surface area (Å²) in [6, 6.07) is 0. The van der Waals surface area contributed by atoms with Gasteiger partial charge in [-0.3, -0.25) is 0 Å². The van der Waals surface area contributed by atoms with E-state index in [0.717, 1.165) is 19.6 Å². The van der Waals surface area contributed by atoms with Crippen LogP contribution in [0.2, 0.25) is 0 Å². The summed E-state index contributed by atoms with van der Waals surface area (Å²) in [5.41, 5.74) is 0. The Morgan fingerprint density at radius 2 is 1.00 bits per heavy atom. The maximum atomic E-state index is 5.01. The molecule has 0 aliphatic carbocycles. The molecule has 7 heteroatoms. The molecule has 0 fully saturated rings. The summed E-state index contributed by atoms with van der Waals surface area (Å²) in [4.78, 5) is 0. The van der Waals surface area contributed by atoms with Gasteiger partial charge in [-0.1, -0.05) is 21.3 Å². The smallest absolute Gasteiger partial charge is 0.180 e. The SMILES string of the molecule is C.CCC(COC)OC.COCC(C)COC.COCC(OC)OC. The third-order valence-electron chi connectivity index (χ3n) is 2.87. The highest BCUT2D eigenvalue weighted by molar-refractivity contribution is 4.49. The van der Waals surface area contributed by atoms with Crippen molar-refractivity contribution in [2.45, 2.75) is 40.1 Å². The first-order valence-corrected chi connectivity index (χ1v) is 8.05. The molecule has 0 bridgehead atoms.